The lowest BCUT2D eigenvalue weighted by Crippen LogP contribution is -2.17. The molecule has 82 valence electrons. The first-order valence-corrected chi connectivity index (χ1v) is 5.37. The highest BCUT2D eigenvalue weighted by atomic mass is 35.5. The third kappa shape index (κ3) is 2.14. The van der Waals surface area contributed by atoms with E-state index in [9.17, 15) is 4.39 Å². The Morgan fingerprint density at radius 2 is 2.33 bits per heavy atom. The van der Waals surface area contributed by atoms with Gasteiger partial charge in [0, 0.05) is 12.5 Å². The Bertz CT molecular complexity index is 358. The van der Waals surface area contributed by atoms with Crippen molar-refractivity contribution in [1.82, 2.24) is 0 Å². The Balaban J connectivity index is 2.25. The SMILES string of the molecule is NCC1CCOC1c1ccc(F)c(Cl)c1. The Hall–Kier alpha value is -0.640. The maximum Gasteiger partial charge on any atom is 0.141 e. The predicted molar refractivity (Wildman–Crippen MR) is 57.3 cm³/mol. The monoisotopic (exact) mass is 229 g/mol. The lowest BCUT2D eigenvalue weighted by molar-refractivity contribution is 0.0924. The van der Waals surface area contributed by atoms with Crippen LogP contribution in [0.25, 0.3) is 0 Å². The molecule has 1 aliphatic heterocycles. The van der Waals surface area contributed by atoms with E-state index in [0.717, 1.165) is 12.0 Å². The Labute approximate surface area is 93.2 Å². The van der Waals surface area contributed by atoms with E-state index >= 15 is 0 Å². The van der Waals surface area contributed by atoms with Crippen LogP contribution in [0.15, 0.2) is 18.2 Å². The molecule has 0 spiro atoms. The molecule has 1 fully saturated rings. The van der Waals surface area contributed by atoms with E-state index in [1.165, 1.54) is 6.07 Å². The van der Waals surface area contributed by atoms with Crippen LogP contribution >= 0.6 is 11.6 Å². The van der Waals surface area contributed by atoms with Gasteiger partial charge < -0.3 is 10.5 Å². The van der Waals surface area contributed by atoms with Gasteiger partial charge in [0.05, 0.1) is 11.1 Å². The van der Waals surface area contributed by atoms with E-state index in [1.807, 2.05) is 0 Å². The summed E-state index contributed by atoms with van der Waals surface area (Å²) >= 11 is 5.72. The first-order valence-electron chi connectivity index (χ1n) is 4.99. The van der Waals surface area contributed by atoms with Crippen molar-refractivity contribution in [3.63, 3.8) is 0 Å². The molecule has 2 unspecified atom stereocenters. The van der Waals surface area contributed by atoms with Crippen LogP contribution < -0.4 is 5.73 Å². The summed E-state index contributed by atoms with van der Waals surface area (Å²) < 4.78 is 18.5. The molecular weight excluding hydrogens is 217 g/mol. The van der Waals surface area contributed by atoms with Crippen LogP contribution in [0, 0.1) is 11.7 Å². The zero-order chi connectivity index (χ0) is 10.8. The van der Waals surface area contributed by atoms with E-state index in [0.29, 0.717) is 19.1 Å². The molecule has 0 radical (unpaired) electrons. The molecule has 15 heavy (non-hydrogen) atoms. The van der Waals surface area contributed by atoms with E-state index in [1.54, 1.807) is 12.1 Å². The third-order valence-corrected chi connectivity index (χ3v) is 3.08. The highest BCUT2D eigenvalue weighted by Gasteiger charge is 2.28. The fraction of sp³-hybridized carbons (Fsp3) is 0.455. The van der Waals surface area contributed by atoms with Crippen molar-refractivity contribution in [3.05, 3.63) is 34.6 Å². The lowest BCUT2D eigenvalue weighted by atomic mass is 9.95. The van der Waals surface area contributed by atoms with Gasteiger partial charge in [-0.25, -0.2) is 4.39 Å². The van der Waals surface area contributed by atoms with Gasteiger partial charge in [0.2, 0.25) is 0 Å². The second-order valence-electron chi connectivity index (χ2n) is 3.75. The fourth-order valence-corrected chi connectivity index (χ4v) is 2.12. The second-order valence-corrected chi connectivity index (χ2v) is 4.16. The van der Waals surface area contributed by atoms with Crippen LogP contribution in [0.4, 0.5) is 4.39 Å². The molecule has 1 saturated heterocycles. The van der Waals surface area contributed by atoms with Crippen LogP contribution in [0.1, 0.15) is 18.1 Å². The van der Waals surface area contributed by atoms with Crippen molar-refractivity contribution in [2.75, 3.05) is 13.2 Å². The third-order valence-electron chi connectivity index (χ3n) is 2.79. The van der Waals surface area contributed by atoms with Crippen molar-refractivity contribution in [1.29, 1.82) is 0 Å². The molecule has 0 aliphatic carbocycles. The van der Waals surface area contributed by atoms with Crippen LogP contribution in [-0.4, -0.2) is 13.2 Å². The zero-order valence-electron chi connectivity index (χ0n) is 8.25. The maximum absolute atomic E-state index is 13.0. The van der Waals surface area contributed by atoms with Crippen molar-refractivity contribution >= 4 is 11.6 Å². The van der Waals surface area contributed by atoms with Gasteiger partial charge in [0.25, 0.3) is 0 Å². The summed E-state index contributed by atoms with van der Waals surface area (Å²) in [5.74, 6) is -0.0887. The highest BCUT2D eigenvalue weighted by Crippen LogP contribution is 2.35. The first kappa shape index (κ1) is 10.9. The molecule has 0 bridgehead atoms. The summed E-state index contributed by atoms with van der Waals surface area (Å²) in [5, 5.41) is 0.138. The minimum Gasteiger partial charge on any atom is -0.373 e. The number of rotatable bonds is 2. The summed E-state index contributed by atoms with van der Waals surface area (Å²) in [6, 6.07) is 4.70. The molecule has 0 aromatic heterocycles. The van der Waals surface area contributed by atoms with Gasteiger partial charge in [0.1, 0.15) is 5.82 Å². The number of hydrogen-bond acceptors (Lipinski definition) is 2. The molecule has 2 atom stereocenters. The Morgan fingerprint density at radius 1 is 1.53 bits per heavy atom. The van der Waals surface area contributed by atoms with Gasteiger partial charge in [-0.15, -0.1) is 0 Å². The molecule has 0 amide bonds. The molecule has 0 saturated carbocycles. The van der Waals surface area contributed by atoms with Crippen molar-refractivity contribution in [2.45, 2.75) is 12.5 Å². The van der Waals surface area contributed by atoms with Gasteiger partial charge in [-0.3, -0.25) is 0 Å². The number of nitrogens with two attached hydrogens (primary N) is 1. The second kappa shape index (κ2) is 4.47. The molecule has 1 aliphatic rings. The first-order chi connectivity index (χ1) is 7.22. The van der Waals surface area contributed by atoms with Crippen LogP contribution in [0.5, 0.6) is 0 Å². The maximum atomic E-state index is 13.0. The number of halogens is 2. The quantitative estimate of drug-likeness (QED) is 0.846. The molecular formula is C11H13ClFNO. The Kier molecular flexibility index (Phi) is 3.24. The largest absolute Gasteiger partial charge is 0.373 e. The molecule has 4 heteroatoms. The highest BCUT2D eigenvalue weighted by molar-refractivity contribution is 6.30. The summed E-state index contributed by atoms with van der Waals surface area (Å²) in [6.07, 6.45) is 0.920. The van der Waals surface area contributed by atoms with Crippen molar-refractivity contribution in [2.24, 2.45) is 11.7 Å². The summed E-state index contributed by atoms with van der Waals surface area (Å²) in [7, 11) is 0. The smallest absolute Gasteiger partial charge is 0.141 e. The summed E-state index contributed by atoms with van der Waals surface area (Å²) in [5.41, 5.74) is 6.55. The van der Waals surface area contributed by atoms with Crippen LogP contribution in [-0.2, 0) is 4.74 Å². The molecule has 2 rings (SSSR count). The fourth-order valence-electron chi connectivity index (χ4n) is 1.93. The van der Waals surface area contributed by atoms with Gasteiger partial charge in [0.15, 0.2) is 0 Å². The number of benzene rings is 1. The lowest BCUT2D eigenvalue weighted by Gasteiger charge is -2.17. The van der Waals surface area contributed by atoms with Crippen molar-refractivity contribution < 1.29 is 9.13 Å². The van der Waals surface area contributed by atoms with Crippen LogP contribution in [0.2, 0.25) is 5.02 Å². The van der Waals surface area contributed by atoms with E-state index < -0.39 is 5.82 Å². The molecule has 1 aromatic rings. The number of hydrogen-bond donors (Lipinski definition) is 1. The van der Waals surface area contributed by atoms with E-state index in [2.05, 4.69) is 0 Å². The molecule has 1 heterocycles. The predicted octanol–water partition coefficient (Wildman–Crippen LogP) is 2.52. The van der Waals surface area contributed by atoms with Crippen molar-refractivity contribution in [3.8, 4) is 0 Å². The topological polar surface area (TPSA) is 35.2 Å². The average molecular weight is 230 g/mol. The molecule has 1 aromatic carbocycles. The standard InChI is InChI=1S/C11H13ClFNO/c12-9-5-7(1-2-10(9)13)11-8(6-14)3-4-15-11/h1-2,5,8,11H,3-4,6,14H2. The normalized spacial score (nSPS) is 25.8. The molecule has 2 nitrogen and oxygen atoms in total. The minimum atomic E-state index is -0.400. The minimum absolute atomic E-state index is 0.0342. The van der Waals surface area contributed by atoms with Gasteiger partial charge in [-0.1, -0.05) is 17.7 Å². The van der Waals surface area contributed by atoms with Gasteiger partial charge in [-0.05, 0) is 30.7 Å². The average Bonchev–Trinajstić information content (AvgIpc) is 2.70. The van der Waals surface area contributed by atoms with Gasteiger partial charge in [-0.2, -0.15) is 0 Å². The van der Waals surface area contributed by atoms with Crippen LogP contribution in [0.3, 0.4) is 0 Å². The van der Waals surface area contributed by atoms with E-state index in [4.69, 9.17) is 22.1 Å². The van der Waals surface area contributed by atoms with Gasteiger partial charge >= 0.3 is 0 Å². The van der Waals surface area contributed by atoms with E-state index in [-0.39, 0.29) is 11.1 Å². The molecule has 2 N–H and O–H groups in total. The number of ether oxygens (including phenoxy) is 1. The Morgan fingerprint density at radius 3 is 3.00 bits per heavy atom. The summed E-state index contributed by atoms with van der Waals surface area (Å²) in [6.45, 7) is 1.29. The zero-order valence-corrected chi connectivity index (χ0v) is 9.01. The summed E-state index contributed by atoms with van der Waals surface area (Å²) in [4.78, 5) is 0.